The van der Waals surface area contributed by atoms with E-state index in [1.54, 1.807) is 4.90 Å². The molecule has 1 saturated carbocycles. The van der Waals surface area contributed by atoms with Crippen molar-refractivity contribution in [3.8, 4) is 0 Å². The predicted octanol–water partition coefficient (Wildman–Crippen LogP) is 2.27. The smallest absolute Gasteiger partial charge is 0.219 e. The molecule has 2 fully saturated rings. The first-order valence-electron chi connectivity index (χ1n) is 9.74. The summed E-state index contributed by atoms with van der Waals surface area (Å²) in [5, 5.41) is 0. The van der Waals surface area contributed by atoms with Gasteiger partial charge in [-0.25, -0.2) is 13.1 Å². The van der Waals surface area contributed by atoms with Gasteiger partial charge in [0.25, 0.3) is 0 Å². The highest BCUT2D eigenvalue weighted by Gasteiger charge is 2.38. The number of rotatable bonds is 6. The molecule has 0 spiro atoms. The summed E-state index contributed by atoms with van der Waals surface area (Å²) in [6, 6.07) is 10.1. The Balaban J connectivity index is 1.53. The number of nitrogens with one attached hydrogen (secondary N) is 1. The fourth-order valence-electron chi connectivity index (χ4n) is 4.39. The van der Waals surface area contributed by atoms with Gasteiger partial charge in [-0.2, -0.15) is 0 Å². The number of hydrogen-bond acceptors (Lipinski definition) is 4. The lowest BCUT2D eigenvalue weighted by Crippen LogP contribution is -2.49. The summed E-state index contributed by atoms with van der Waals surface area (Å²) < 4.78 is 32.1. The van der Waals surface area contributed by atoms with Crippen molar-refractivity contribution in [3.63, 3.8) is 0 Å². The van der Waals surface area contributed by atoms with Gasteiger partial charge in [-0.3, -0.25) is 4.79 Å². The van der Waals surface area contributed by atoms with Crippen LogP contribution in [0.25, 0.3) is 0 Å². The minimum absolute atomic E-state index is 0.0332. The molecule has 150 valence electrons. The van der Waals surface area contributed by atoms with Gasteiger partial charge < -0.3 is 9.64 Å². The first-order valence-corrected chi connectivity index (χ1v) is 11.6. The monoisotopic (exact) mass is 394 g/mol. The molecule has 2 atom stereocenters. The predicted molar refractivity (Wildman–Crippen MR) is 105 cm³/mol. The Kier molecular flexibility index (Phi) is 6.55. The maximum atomic E-state index is 11.9. The Hall–Kier alpha value is -1.44. The molecule has 0 bridgehead atoms. The number of carbonyl (C=O) groups is 1. The normalized spacial score (nSPS) is 29.0. The Morgan fingerprint density at radius 2 is 1.81 bits per heavy atom. The number of hydrogen-bond donors (Lipinski definition) is 1. The summed E-state index contributed by atoms with van der Waals surface area (Å²) in [6.45, 7) is 2.48. The van der Waals surface area contributed by atoms with Crippen molar-refractivity contribution in [2.75, 3.05) is 19.4 Å². The zero-order valence-corrected chi connectivity index (χ0v) is 17.0. The highest BCUT2D eigenvalue weighted by Crippen LogP contribution is 2.34. The molecule has 2 aliphatic rings. The molecule has 1 heterocycles. The number of amides is 1. The Bertz CT molecular complexity index is 730. The van der Waals surface area contributed by atoms with Crippen molar-refractivity contribution in [1.29, 1.82) is 0 Å². The van der Waals surface area contributed by atoms with Crippen molar-refractivity contribution in [1.82, 2.24) is 9.62 Å². The molecule has 0 radical (unpaired) electrons. The average Bonchev–Trinajstić information content (AvgIpc) is 3.02. The molecule has 6 nitrogen and oxygen atoms in total. The quantitative estimate of drug-likeness (QED) is 0.803. The van der Waals surface area contributed by atoms with Crippen LogP contribution in [-0.2, 0) is 19.6 Å². The van der Waals surface area contributed by atoms with E-state index in [0.29, 0.717) is 25.5 Å². The van der Waals surface area contributed by atoms with Crippen LogP contribution >= 0.6 is 0 Å². The minimum Gasteiger partial charge on any atom is -0.376 e. The third-order valence-electron chi connectivity index (χ3n) is 5.76. The molecule has 0 aromatic heterocycles. The van der Waals surface area contributed by atoms with Crippen LogP contribution in [0.1, 0.15) is 50.5 Å². The highest BCUT2D eigenvalue weighted by molar-refractivity contribution is 7.88. The van der Waals surface area contributed by atoms with Crippen LogP contribution in [0.15, 0.2) is 30.3 Å². The number of sulfonamides is 1. The van der Waals surface area contributed by atoms with Gasteiger partial charge in [0.05, 0.1) is 25.0 Å². The second-order valence-corrected chi connectivity index (χ2v) is 9.56. The maximum absolute atomic E-state index is 11.9. The van der Waals surface area contributed by atoms with Gasteiger partial charge in [0.1, 0.15) is 0 Å². The van der Waals surface area contributed by atoms with Gasteiger partial charge in [0, 0.05) is 19.5 Å². The number of carbonyl (C=O) groups excluding carboxylic acids is 1. The summed E-state index contributed by atoms with van der Waals surface area (Å²) in [4.78, 5) is 13.6. The number of nitrogens with zero attached hydrogens (tertiary/aromatic N) is 1. The molecule has 1 N–H and O–H groups in total. The van der Waals surface area contributed by atoms with Crippen LogP contribution < -0.4 is 4.72 Å². The summed E-state index contributed by atoms with van der Waals surface area (Å²) in [5.41, 5.74) is 1.40. The highest BCUT2D eigenvalue weighted by atomic mass is 32.2. The Labute approximate surface area is 162 Å². The molecular formula is C20H30N2O4S. The first kappa shape index (κ1) is 20.3. The van der Waals surface area contributed by atoms with Crippen LogP contribution in [-0.4, -0.2) is 56.8 Å². The minimum atomic E-state index is -3.31. The van der Waals surface area contributed by atoms with Crippen LogP contribution in [0.5, 0.6) is 0 Å². The SMILES string of the molecule is CC(=O)N1CC[C@H](NS(C)(=O)=O)[C@@H]1CO[C@H]1CC[C@@H](c2ccccc2)CC1. The van der Waals surface area contributed by atoms with Crippen LogP contribution in [0, 0.1) is 0 Å². The summed E-state index contributed by atoms with van der Waals surface area (Å²) >= 11 is 0. The molecule has 1 amide bonds. The number of benzene rings is 1. The summed E-state index contributed by atoms with van der Waals surface area (Å²) in [5.74, 6) is 0.556. The maximum Gasteiger partial charge on any atom is 0.219 e. The molecule has 1 aliphatic heterocycles. The van der Waals surface area contributed by atoms with Crippen molar-refractivity contribution in [3.05, 3.63) is 35.9 Å². The largest absolute Gasteiger partial charge is 0.376 e. The summed E-state index contributed by atoms with van der Waals surface area (Å²) in [6.07, 6.45) is 6.15. The number of likely N-dealkylation sites (tertiary alicyclic amines) is 1. The van der Waals surface area contributed by atoms with E-state index in [0.717, 1.165) is 31.9 Å². The van der Waals surface area contributed by atoms with E-state index < -0.39 is 10.0 Å². The van der Waals surface area contributed by atoms with Gasteiger partial charge in [0.2, 0.25) is 15.9 Å². The fraction of sp³-hybridized carbons (Fsp3) is 0.650. The molecule has 1 saturated heterocycles. The molecule has 1 aliphatic carbocycles. The number of ether oxygens (including phenoxy) is 1. The third kappa shape index (κ3) is 5.53. The van der Waals surface area contributed by atoms with Crippen LogP contribution in [0.3, 0.4) is 0 Å². The topological polar surface area (TPSA) is 75.7 Å². The molecule has 1 aromatic carbocycles. The van der Waals surface area contributed by atoms with Gasteiger partial charge in [-0.05, 0) is 43.6 Å². The molecule has 0 unspecified atom stereocenters. The Morgan fingerprint density at radius 1 is 1.15 bits per heavy atom. The third-order valence-corrected chi connectivity index (χ3v) is 6.49. The molecule has 1 aromatic rings. The molecule has 7 heteroatoms. The van der Waals surface area contributed by atoms with Gasteiger partial charge >= 0.3 is 0 Å². The average molecular weight is 395 g/mol. The van der Waals surface area contributed by atoms with Gasteiger partial charge in [-0.15, -0.1) is 0 Å². The van der Waals surface area contributed by atoms with Gasteiger partial charge in [-0.1, -0.05) is 30.3 Å². The fourth-order valence-corrected chi connectivity index (χ4v) is 5.21. The van der Waals surface area contributed by atoms with Crippen LogP contribution in [0.2, 0.25) is 0 Å². The zero-order chi connectivity index (χ0) is 19.4. The first-order chi connectivity index (χ1) is 12.8. The van der Waals surface area contributed by atoms with Crippen molar-refractivity contribution >= 4 is 15.9 Å². The van der Waals surface area contributed by atoms with Crippen molar-refractivity contribution < 1.29 is 17.9 Å². The lowest BCUT2D eigenvalue weighted by Gasteiger charge is -2.32. The second kappa shape index (κ2) is 8.71. The van der Waals surface area contributed by atoms with E-state index in [-0.39, 0.29) is 24.1 Å². The van der Waals surface area contributed by atoms with Gasteiger partial charge in [0.15, 0.2) is 0 Å². The molecule has 3 rings (SSSR count). The molecule has 27 heavy (non-hydrogen) atoms. The Morgan fingerprint density at radius 3 is 2.41 bits per heavy atom. The lowest BCUT2D eigenvalue weighted by molar-refractivity contribution is -0.131. The van der Waals surface area contributed by atoms with E-state index in [9.17, 15) is 13.2 Å². The van der Waals surface area contributed by atoms with E-state index in [4.69, 9.17) is 4.74 Å². The summed E-state index contributed by atoms with van der Waals surface area (Å²) in [7, 11) is -3.31. The van der Waals surface area contributed by atoms with E-state index in [1.807, 2.05) is 6.07 Å². The zero-order valence-electron chi connectivity index (χ0n) is 16.1. The van der Waals surface area contributed by atoms with Crippen molar-refractivity contribution in [2.45, 2.75) is 63.1 Å². The van der Waals surface area contributed by atoms with E-state index in [2.05, 4.69) is 29.0 Å². The standard InChI is InChI=1S/C20H30N2O4S/c1-15(23)22-13-12-19(21-27(2,24)25)20(22)14-26-18-10-8-17(9-11-18)16-6-4-3-5-7-16/h3-7,17-21H,8-14H2,1-2H3/t17-,18+,19-,20-/m0/s1. The van der Waals surface area contributed by atoms with E-state index in [1.165, 1.54) is 12.5 Å². The second-order valence-electron chi connectivity index (χ2n) is 7.78. The van der Waals surface area contributed by atoms with Crippen molar-refractivity contribution in [2.24, 2.45) is 0 Å². The van der Waals surface area contributed by atoms with Crippen LogP contribution in [0.4, 0.5) is 0 Å². The van der Waals surface area contributed by atoms with E-state index >= 15 is 0 Å². The lowest BCUT2D eigenvalue weighted by atomic mass is 9.83. The molecular weight excluding hydrogens is 364 g/mol.